The summed E-state index contributed by atoms with van der Waals surface area (Å²) in [7, 11) is 0. The number of carbonyl (C=O) groups excluding carboxylic acids is 2. The predicted octanol–water partition coefficient (Wildman–Crippen LogP) is 3.00. The van der Waals surface area contributed by atoms with Crippen LogP contribution in [0.5, 0.6) is 5.75 Å². The van der Waals surface area contributed by atoms with Crippen LogP contribution in [-0.2, 0) is 9.53 Å². The second kappa shape index (κ2) is 13.5. The second-order valence-corrected chi connectivity index (χ2v) is 4.36. The molecule has 5 nitrogen and oxygen atoms in total. The molecular weight excluding hydrogens is 294 g/mol. The van der Waals surface area contributed by atoms with Crippen LogP contribution in [0.3, 0.4) is 0 Å². The van der Waals surface area contributed by atoms with Crippen molar-refractivity contribution in [2.24, 2.45) is 0 Å². The number of ketones is 1. The highest BCUT2D eigenvalue weighted by molar-refractivity contribution is 5.94. The minimum absolute atomic E-state index is 0.00509. The number of rotatable bonds is 9. The average molecular weight is 321 g/mol. The predicted molar refractivity (Wildman–Crippen MR) is 91.9 cm³/mol. The largest absolute Gasteiger partial charge is 0.491 e. The number of ether oxygens (including phenoxy) is 2. The van der Waals surface area contributed by atoms with Crippen LogP contribution in [0.2, 0.25) is 0 Å². The molecule has 1 rings (SSSR count). The van der Waals surface area contributed by atoms with Crippen LogP contribution in [0, 0.1) is 0 Å². The van der Waals surface area contributed by atoms with Gasteiger partial charge in [-0.1, -0.05) is 38.1 Å². The quantitative estimate of drug-likeness (QED) is 0.431. The Balaban J connectivity index is 0.00000232. The smallest absolute Gasteiger partial charge is 0.246 e. The maximum atomic E-state index is 11.3. The molecule has 23 heavy (non-hydrogen) atoms. The summed E-state index contributed by atoms with van der Waals surface area (Å²) in [5.41, 5.74) is 0.608. The van der Waals surface area contributed by atoms with Crippen molar-refractivity contribution < 1.29 is 19.1 Å². The van der Waals surface area contributed by atoms with Crippen LogP contribution < -0.4 is 10.1 Å². The molecule has 5 heteroatoms. The van der Waals surface area contributed by atoms with Gasteiger partial charge in [0.1, 0.15) is 19.0 Å². The summed E-state index contributed by atoms with van der Waals surface area (Å²) in [6.45, 7) is 8.54. The Morgan fingerprint density at radius 3 is 2.61 bits per heavy atom. The Morgan fingerprint density at radius 2 is 1.96 bits per heavy atom. The third-order valence-corrected chi connectivity index (χ3v) is 2.62. The summed E-state index contributed by atoms with van der Waals surface area (Å²) in [4.78, 5) is 22.5. The molecule has 0 spiro atoms. The Morgan fingerprint density at radius 1 is 1.22 bits per heavy atom. The fraction of sp³-hybridized carbons (Fsp3) is 0.444. The summed E-state index contributed by atoms with van der Waals surface area (Å²) in [6.07, 6.45) is 3.72. The van der Waals surface area contributed by atoms with Crippen molar-refractivity contribution >= 4 is 11.7 Å². The van der Waals surface area contributed by atoms with E-state index in [1.807, 2.05) is 32.9 Å². The molecule has 0 aliphatic heterocycles. The molecule has 0 atom stereocenters. The maximum Gasteiger partial charge on any atom is 0.246 e. The lowest BCUT2D eigenvalue weighted by Gasteiger charge is -2.08. The average Bonchev–Trinajstić information content (AvgIpc) is 2.57. The van der Waals surface area contributed by atoms with Gasteiger partial charge in [0, 0.05) is 12.1 Å². The molecule has 0 saturated heterocycles. The number of hydrogen-bond acceptors (Lipinski definition) is 4. The number of Topliss-reactive ketones (excluding diaryl/α,β-unsaturated/α-hetero) is 1. The Bertz CT molecular complexity index is 498. The van der Waals surface area contributed by atoms with Crippen LogP contribution in [0.15, 0.2) is 36.4 Å². The van der Waals surface area contributed by atoms with Gasteiger partial charge in [-0.3, -0.25) is 9.59 Å². The molecule has 0 saturated carbocycles. The van der Waals surface area contributed by atoms with E-state index in [2.05, 4.69) is 5.32 Å². The molecule has 1 N–H and O–H groups in total. The van der Waals surface area contributed by atoms with Gasteiger partial charge in [-0.05, 0) is 26.0 Å². The van der Waals surface area contributed by atoms with Gasteiger partial charge < -0.3 is 14.8 Å². The third kappa shape index (κ3) is 10.3. The van der Waals surface area contributed by atoms with E-state index >= 15 is 0 Å². The lowest BCUT2D eigenvalue weighted by Crippen LogP contribution is -2.28. The number of hydrogen-bond donors (Lipinski definition) is 1. The second-order valence-electron chi connectivity index (χ2n) is 4.36. The molecule has 1 aromatic rings. The van der Waals surface area contributed by atoms with Gasteiger partial charge in [-0.25, -0.2) is 0 Å². The molecule has 0 aliphatic carbocycles. The first-order chi connectivity index (χ1) is 11.1. The molecule has 0 fully saturated rings. The molecule has 1 amide bonds. The monoisotopic (exact) mass is 321 g/mol. The number of benzene rings is 1. The van der Waals surface area contributed by atoms with Gasteiger partial charge in [0.05, 0.1) is 6.61 Å². The summed E-state index contributed by atoms with van der Waals surface area (Å²) < 4.78 is 10.7. The van der Waals surface area contributed by atoms with E-state index in [0.717, 1.165) is 0 Å². The van der Waals surface area contributed by atoms with E-state index in [4.69, 9.17) is 9.47 Å². The van der Waals surface area contributed by atoms with E-state index in [1.165, 1.54) is 6.92 Å². The van der Waals surface area contributed by atoms with Crippen LogP contribution in [0.4, 0.5) is 0 Å². The highest BCUT2D eigenvalue weighted by Crippen LogP contribution is 2.13. The van der Waals surface area contributed by atoms with Crippen molar-refractivity contribution in [3.05, 3.63) is 42.0 Å². The van der Waals surface area contributed by atoms with Gasteiger partial charge in [0.25, 0.3) is 0 Å². The van der Waals surface area contributed by atoms with Gasteiger partial charge in [-0.15, -0.1) is 0 Å². The third-order valence-electron chi connectivity index (χ3n) is 2.62. The first kappa shape index (κ1) is 20.9. The highest BCUT2D eigenvalue weighted by Gasteiger charge is 2.02. The highest BCUT2D eigenvalue weighted by atomic mass is 16.5. The molecule has 0 unspecified atom stereocenters. The first-order valence-electron chi connectivity index (χ1n) is 7.83. The zero-order valence-corrected chi connectivity index (χ0v) is 14.4. The Labute approximate surface area is 138 Å². The minimum Gasteiger partial charge on any atom is -0.491 e. The number of allylic oxidation sites excluding steroid dienone is 1. The molecular formula is C18H27NO4. The fourth-order valence-corrected chi connectivity index (χ4v) is 1.53. The van der Waals surface area contributed by atoms with Crippen LogP contribution in [0.25, 0.3) is 0 Å². The van der Waals surface area contributed by atoms with Crippen LogP contribution >= 0.6 is 0 Å². The van der Waals surface area contributed by atoms with Crippen molar-refractivity contribution in [1.29, 1.82) is 0 Å². The fourth-order valence-electron chi connectivity index (χ4n) is 1.53. The Hall–Kier alpha value is -2.14. The molecule has 0 radical (unpaired) electrons. The van der Waals surface area contributed by atoms with E-state index < -0.39 is 0 Å². The molecule has 0 bridgehead atoms. The number of carbonyl (C=O) groups is 2. The number of amides is 1. The van der Waals surface area contributed by atoms with Gasteiger partial charge in [0.2, 0.25) is 5.91 Å². The first-order valence-corrected chi connectivity index (χ1v) is 7.83. The van der Waals surface area contributed by atoms with Crippen LogP contribution in [-0.4, -0.2) is 38.1 Å². The topological polar surface area (TPSA) is 64.6 Å². The van der Waals surface area contributed by atoms with E-state index in [0.29, 0.717) is 31.1 Å². The number of nitrogens with one attached hydrogen (secondary N) is 1. The summed E-state index contributed by atoms with van der Waals surface area (Å²) >= 11 is 0. The molecule has 0 aromatic heterocycles. The van der Waals surface area contributed by atoms with Crippen molar-refractivity contribution in [3.8, 4) is 5.75 Å². The summed E-state index contributed by atoms with van der Waals surface area (Å²) in [6, 6.07) is 6.96. The zero-order valence-electron chi connectivity index (χ0n) is 14.4. The van der Waals surface area contributed by atoms with Crippen molar-refractivity contribution in [3.63, 3.8) is 0 Å². The van der Waals surface area contributed by atoms with Crippen molar-refractivity contribution in [2.45, 2.75) is 27.7 Å². The van der Waals surface area contributed by atoms with Gasteiger partial charge in [0.15, 0.2) is 5.78 Å². The van der Waals surface area contributed by atoms with Gasteiger partial charge >= 0.3 is 0 Å². The SMILES string of the molecule is C/C=C/CNC(=O)COCCOc1cccc(C(C)=O)c1.CC. The van der Waals surface area contributed by atoms with Gasteiger partial charge in [-0.2, -0.15) is 0 Å². The van der Waals surface area contributed by atoms with Crippen molar-refractivity contribution in [1.82, 2.24) is 5.32 Å². The standard InChI is InChI=1S/C16H21NO4.C2H6/c1-3-4-8-17-16(19)12-20-9-10-21-15-7-5-6-14(11-15)13(2)18;1-2/h3-7,11H,8-10,12H2,1-2H3,(H,17,19);1-2H3/b4-3+;. The molecule has 0 heterocycles. The molecule has 128 valence electrons. The maximum absolute atomic E-state index is 11.3. The van der Waals surface area contributed by atoms with Crippen molar-refractivity contribution in [2.75, 3.05) is 26.4 Å². The van der Waals surface area contributed by atoms with E-state index in [1.54, 1.807) is 24.3 Å². The molecule has 1 aromatic carbocycles. The lowest BCUT2D eigenvalue weighted by molar-refractivity contribution is -0.125. The van der Waals surface area contributed by atoms with E-state index in [9.17, 15) is 9.59 Å². The summed E-state index contributed by atoms with van der Waals surface area (Å²) in [5, 5.41) is 2.68. The summed E-state index contributed by atoms with van der Waals surface area (Å²) in [5.74, 6) is 0.449. The zero-order chi connectivity index (χ0) is 17.5. The van der Waals surface area contributed by atoms with E-state index in [-0.39, 0.29) is 18.3 Å². The van der Waals surface area contributed by atoms with Crippen LogP contribution in [0.1, 0.15) is 38.1 Å². The normalized spacial score (nSPS) is 9.91. The minimum atomic E-state index is -0.160. The molecule has 0 aliphatic rings. The lowest BCUT2D eigenvalue weighted by atomic mass is 10.1. The Kier molecular flexibility index (Phi) is 12.3.